The summed E-state index contributed by atoms with van der Waals surface area (Å²) < 4.78 is 15.8. The maximum atomic E-state index is 12.6. The number of anilines is 1. The first-order valence-electron chi connectivity index (χ1n) is 9.04. The van der Waals surface area contributed by atoms with Crippen LogP contribution < -0.4 is 19.5 Å². The number of rotatable bonds is 7. The number of benzene rings is 2. The van der Waals surface area contributed by atoms with Crippen molar-refractivity contribution in [2.75, 3.05) is 39.7 Å². The van der Waals surface area contributed by atoms with Crippen molar-refractivity contribution < 1.29 is 19.0 Å². The number of likely N-dealkylation sites (tertiary alicyclic amines) is 1. The Balaban J connectivity index is 1.67. The minimum Gasteiger partial charge on any atom is -0.497 e. The molecule has 0 radical (unpaired) electrons. The molecule has 27 heavy (non-hydrogen) atoms. The maximum Gasteiger partial charge on any atom is 0.238 e. The Labute approximate surface area is 160 Å². The number of methoxy groups -OCH3 is 3. The number of hydrogen-bond donors (Lipinski definition) is 1. The van der Waals surface area contributed by atoms with Crippen molar-refractivity contribution >= 4 is 11.6 Å². The highest BCUT2D eigenvalue weighted by Crippen LogP contribution is 2.33. The van der Waals surface area contributed by atoms with Crippen LogP contribution in [0.15, 0.2) is 42.5 Å². The van der Waals surface area contributed by atoms with E-state index in [0.29, 0.717) is 23.7 Å². The van der Waals surface area contributed by atoms with E-state index in [1.807, 2.05) is 12.1 Å². The number of hydrogen-bond acceptors (Lipinski definition) is 5. The molecule has 0 spiro atoms. The lowest BCUT2D eigenvalue weighted by Gasteiger charge is -2.24. The number of nitrogens with one attached hydrogen (secondary N) is 1. The smallest absolute Gasteiger partial charge is 0.238 e. The van der Waals surface area contributed by atoms with Gasteiger partial charge in [0.15, 0.2) is 0 Å². The molecule has 1 amide bonds. The van der Waals surface area contributed by atoms with Gasteiger partial charge in [-0.1, -0.05) is 12.1 Å². The third-order valence-electron chi connectivity index (χ3n) is 4.89. The van der Waals surface area contributed by atoms with Crippen molar-refractivity contribution in [1.82, 2.24) is 4.90 Å². The van der Waals surface area contributed by atoms with Crippen LogP contribution in [0.25, 0.3) is 0 Å². The van der Waals surface area contributed by atoms with Gasteiger partial charge in [-0.15, -0.1) is 0 Å². The molecule has 1 saturated heterocycles. The standard InChI is InChI=1S/C21H26N2O4/c1-25-16-8-6-15(7-9-16)19-5-4-12-23(19)14-21(24)22-18-13-17(26-2)10-11-20(18)27-3/h6-11,13,19H,4-5,12,14H2,1-3H3,(H,22,24). The second-order valence-electron chi connectivity index (χ2n) is 6.52. The second-order valence-corrected chi connectivity index (χ2v) is 6.52. The molecule has 1 unspecified atom stereocenters. The van der Waals surface area contributed by atoms with E-state index in [-0.39, 0.29) is 11.9 Å². The Morgan fingerprint density at radius 2 is 1.74 bits per heavy atom. The van der Waals surface area contributed by atoms with Crippen LogP contribution in [-0.4, -0.2) is 45.2 Å². The average molecular weight is 370 g/mol. The number of carbonyl (C=O) groups is 1. The summed E-state index contributed by atoms with van der Waals surface area (Å²) in [4.78, 5) is 14.9. The molecule has 0 aliphatic carbocycles. The van der Waals surface area contributed by atoms with Crippen LogP contribution in [0.2, 0.25) is 0 Å². The molecule has 0 bridgehead atoms. The lowest BCUT2D eigenvalue weighted by atomic mass is 10.0. The third kappa shape index (κ3) is 4.52. The summed E-state index contributed by atoms with van der Waals surface area (Å²) >= 11 is 0. The van der Waals surface area contributed by atoms with Gasteiger partial charge in [-0.25, -0.2) is 0 Å². The predicted molar refractivity (Wildman–Crippen MR) is 105 cm³/mol. The van der Waals surface area contributed by atoms with E-state index in [1.54, 1.807) is 39.5 Å². The number of nitrogens with zero attached hydrogens (tertiary/aromatic N) is 1. The van der Waals surface area contributed by atoms with Crippen LogP contribution in [0, 0.1) is 0 Å². The summed E-state index contributed by atoms with van der Waals surface area (Å²) in [5.74, 6) is 2.05. The molecule has 1 fully saturated rings. The van der Waals surface area contributed by atoms with Gasteiger partial charge in [-0.2, -0.15) is 0 Å². The summed E-state index contributed by atoms with van der Waals surface area (Å²) in [6.07, 6.45) is 2.12. The zero-order chi connectivity index (χ0) is 19.2. The molecule has 1 N–H and O–H groups in total. The highest BCUT2D eigenvalue weighted by Gasteiger charge is 2.27. The molecule has 1 atom stereocenters. The fourth-order valence-electron chi connectivity index (χ4n) is 3.50. The van der Waals surface area contributed by atoms with Gasteiger partial charge in [0.05, 0.1) is 33.6 Å². The Morgan fingerprint density at radius 3 is 2.41 bits per heavy atom. The molecule has 1 aliphatic heterocycles. The second kappa shape index (κ2) is 8.77. The Hall–Kier alpha value is -2.73. The van der Waals surface area contributed by atoms with Crippen molar-refractivity contribution in [2.24, 2.45) is 0 Å². The van der Waals surface area contributed by atoms with Gasteiger partial charge in [-0.05, 0) is 49.2 Å². The van der Waals surface area contributed by atoms with Gasteiger partial charge in [0.1, 0.15) is 17.2 Å². The van der Waals surface area contributed by atoms with E-state index in [2.05, 4.69) is 22.3 Å². The summed E-state index contributed by atoms with van der Waals surface area (Å²) in [5, 5.41) is 2.95. The molecule has 2 aromatic carbocycles. The number of amides is 1. The number of carbonyl (C=O) groups excluding carboxylic acids is 1. The minimum absolute atomic E-state index is 0.0676. The lowest BCUT2D eigenvalue weighted by molar-refractivity contribution is -0.117. The highest BCUT2D eigenvalue weighted by molar-refractivity contribution is 5.94. The first-order valence-corrected chi connectivity index (χ1v) is 9.04. The SMILES string of the molecule is COc1ccc(C2CCCN2CC(=O)Nc2cc(OC)ccc2OC)cc1. The maximum absolute atomic E-state index is 12.6. The molecular weight excluding hydrogens is 344 g/mol. The van der Waals surface area contributed by atoms with Gasteiger partial charge in [0, 0.05) is 12.1 Å². The van der Waals surface area contributed by atoms with E-state index < -0.39 is 0 Å². The first kappa shape index (κ1) is 19.0. The molecule has 6 nitrogen and oxygen atoms in total. The average Bonchev–Trinajstić information content (AvgIpc) is 3.15. The highest BCUT2D eigenvalue weighted by atomic mass is 16.5. The van der Waals surface area contributed by atoms with Crippen molar-refractivity contribution in [3.8, 4) is 17.2 Å². The van der Waals surface area contributed by atoms with Gasteiger partial charge in [0.2, 0.25) is 5.91 Å². The van der Waals surface area contributed by atoms with Crippen LogP contribution >= 0.6 is 0 Å². The van der Waals surface area contributed by atoms with Gasteiger partial charge in [0.25, 0.3) is 0 Å². The molecule has 3 rings (SSSR count). The van der Waals surface area contributed by atoms with Crippen LogP contribution in [0.3, 0.4) is 0 Å². The lowest BCUT2D eigenvalue weighted by Crippen LogP contribution is -2.33. The zero-order valence-electron chi connectivity index (χ0n) is 16.0. The van der Waals surface area contributed by atoms with Gasteiger partial charge < -0.3 is 19.5 Å². The van der Waals surface area contributed by atoms with E-state index in [4.69, 9.17) is 14.2 Å². The molecular formula is C21H26N2O4. The fourth-order valence-corrected chi connectivity index (χ4v) is 3.50. The van der Waals surface area contributed by atoms with Gasteiger partial charge in [-0.3, -0.25) is 9.69 Å². The molecule has 0 aromatic heterocycles. The van der Waals surface area contributed by atoms with E-state index in [9.17, 15) is 4.79 Å². The van der Waals surface area contributed by atoms with Gasteiger partial charge >= 0.3 is 0 Å². The first-order chi connectivity index (χ1) is 13.1. The van der Waals surface area contributed by atoms with E-state index in [1.165, 1.54) is 5.56 Å². The largest absolute Gasteiger partial charge is 0.497 e. The van der Waals surface area contributed by atoms with E-state index in [0.717, 1.165) is 25.1 Å². The quantitative estimate of drug-likeness (QED) is 0.808. The van der Waals surface area contributed by atoms with Crippen LogP contribution in [0.1, 0.15) is 24.4 Å². The Bertz CT molecular complexity index is 776. The Morgan fingerprint density at radius 1 is 1.04 bits per heavy atom. The van der Waals surface area contributed by atoms with Crippen LogP contribution in [0.5, 0.6) is 17.2 Å². The summed E-state index contributed by atoms with van der Waals surface area (Å²) in [6, 6.07) is 13.7. The van der Waals surface area contributed by atoms with Crippen LogP contribution in [0.4, 0.5) is 5.69 Å². The zero-order valence-corrected chi connectivity index (χ0v) is 16.0. The molecule has 0 saturated carbocycles. The van der Waals surface area contributed by atoms with E-state index >= 15 is 0 Å². The van der Waals surface area contributed by atoms with Crippen molar-refractivity contribution in [3.05, 3.63) is 48.0 Å². The number of ether oxygens (including phenoxy) is 3. The molecule has 144 valence electrons. The molecule has 1 aliphatic rings. The molecule has 6 heteroatoms. The monoisotopic (exact) mass is 370 g/mol. The van der Waals surface area contributed by atoms with Crippen molar-refractivity contribution in [1.29, 1.82) is 0 Å². The predicted octanol–water partition coefficient (Wildman–Crippen LogP) is 3.49. The van der Waals surface area contributed by atoms with Crippen LogP contribution in [-0.2, 0) is 4.79 Å². The summed E-state index contributed by atoms with van der Waals surface area (Å²) in [7, 11) is 4.84. The summed E-state index contributed by atoms with van der Waals surface area (Å²) in [5.41, 5.74) is 1.82. The molecule has 2 aromatic rings. The van der Waals surface area contributed by atoms with Crippen molar-refractivity contribution in [3.63, 3.8) is 0 Å². The fraction of sp³-hybridized carbons (Fsp3) is 0.381. The molecule has 1 heterocycles. The topological polar surface area (TPSA) is 60.0 Å². The third-order valence-corrected chi connectivity index (χ3v) is 4.89. The Kier molecular flexibility index (Phi) is 6.19. The normalized spacial score (nSPS) is 16.8. The minimum atomic E-state index is -0.0676. The van der Waals surface area contributed by atoms with Crippen molar-refractivity contribution in [2.45, 2.75) is 18.9 Å². The summed E-state index contributed by atoms with van der Waals surface area (Å²) in [6.45, 7) is 1.23.